The van der Waals surface area contributed by atoms with E-state index in [2.05, 4.69) is 20.0 Å². The summed E-state index contributed by atoms with van der Waals surface area (Å²) < 4.78 is 44.6. The Morgan fingerprint density at radius 2 is 1.60 bits per heavy atom. The molecule has 0 radical (unpaired) electrons. The van der Waals surface area contributed by atoms with Gasteiger partial charge in [0.2, 0.25) is 0 Å². The van der Waals surface area contributed by atoms with Gasteiger partial charge in [-0.25, -0.2) is 4.79 Å². The normalized spacial score (nSPS) is 11.8. The van der Waals surface area contributed by atoms with E-state index < -0.39 is 12.3 Å². The van der Waals surface area contributed by atoms with Crippen molar-refractivity contribution in [2.45, 2.75) is 6.36 Å². The molecule has 0 fully saturated rings. The number of halogens is 4. The Hall–Kier alpha value is -2.74. The summed E-state index contributed by atoms with van der Waals surface area (Å²) in [7, 11) is 1.28. The van der Waals surface area contributed by atoms with Crippen LogP contribution in [0.4, 0.5) is 18.9 Å². The SMILES string of the molecule is COC(=O)c1ccc(/C(Cl)=N\Nc2ccc(OC(F)(F)F)cc2)cc1. The first-order chi connectivity index (χ1) is 11.8. The number of ether oxygens (including phenoxy) is 2. The van der Waals surface area contributed by atoms with Crippen LogP contribution in [-0.4, -0.2) is 24.6 Å². The van der Waals surface area contributed by atoms with E-state index in [1.807, 2.05) is 0 Å². The summed E-state index contributed by atoms with van der Waals surface area (Å²) in [5.41, 5.74) is 3.93. The molecule has 1 N–H and O–H groups in total. The van der Waals surface area contributed by atoms with Crippen LogP contribution in [0.3, 0.4) is 0 Å². The molecule has 0 bridgehead atoms. The molecule has 0 aliphatic heterocycles. The van der Waals surface area contributed by atoms with Gasteiger partial charge >= 0.3 is 12.3 Å². The highest BCUT2D eigenvalue weighted by Crippen LogP contribution is 2.24. The minimum absolute atomic E-state index is 0.104. The minimum Gasteiger partial charge on any atom is -0.465 e. The lowest BCUT2D eigenvalue weighted by molar-refractivity contribution is -0.274. The predicted molar refractivity (Wildman–Crippen MR) is 86.9 cm³/mol. The van der Waals surface area contributed by atoms with Crippen molar-refractivity contribution in [2.75, 3.05) is 12.5 Å². The van der Waals surface area contributed by atoms with Crippen molar-refractivity contribution in [1.82, 2.24) is 0 Å². The number of anilines is 1. The average molecular weight is 373 g/mol. The summed E-state index contributed by atoms with van der Waals surface area (Å²) in [6.45, 7) is 0. The molecule has 0 aromatic heterocycles. The summed E-state index contributed by atoms with van der Waals surface area (Å²) in [5.74, 6) is -0.814. The first-order valence-electron chi connectivity index (χ1n) is 6.82. The van der Waals surface area contributed by atoms with Crippen LogP contribution in [0.25, 0.3) is 0 Å². The van der Waals surface area contributed by atoms with Gasteiger partial charge in [-0.1, -0.05) is 23.7 Å². The zero-order chi connectivity index (χ0) is 18.4. The van der Waals surface area contributed by atoms with E-state index in [1.54, 1.807) is 12.1 Å². The van der Waals surface area contributed by atoms with Crippen LogP contribution in [0.5, 0.6) is 5.75 Å². The molecule has 0 atom stereocenters. The predicted octanol–water partition coefficient (Wildman–Crippen LogP) is 4.38. The molecule has 9 heteroatoms. The number of carbonyl (C=O) groups excluding carboxylic acids is 1. The highest BCUT2D eigenvalue weighted by molar-refractivity contribution is 6.69. The van der Waals surface area contributed by atoms with E-state index in [1.165, 1.54) is 31.4 Å². The third kappa shape index (κ3) is 5.68. The lowest BCUT2D eigenvalue weighted by Crippen LogP contribution is -2.16. The molecular formula is C16H12ClF3N2O3. The highest BCUT2D eigenvalue weighted by Gasteiger charge is 2.30. The fraction of sp³-hybridized carbons (Fsp3) is 0.125. The maximum atomic E-state index is 12.1. The monoisotopic (exact) mass is 372 g/mol. The smallest absolute Gasteiger partial charge is 0.465 e. The minimum atomic E-state index is -4.74. The van der Waals surface area contributed by atoms with E-state index >= 15 is 0 Å². The average Bonchev–Trinajstić information content (AvgIpc) is 2.59. The van der Waals surface area contributed by atoms with E-state index in [9.17, 15) is 18.0 Å². The largest absolute Gasteiger partial charge is 0.573 e. The van der Waals surface area contributed by atoms with Gasteiger partial charge in [-0.05, 0) is 36.4 Å². The van der Waals surface area contributed by atoms with Crippen LogP contribution < -0.4 is 10.2 Å². The van der Waals surface area contributed by atoms with E-state index in [0.717, 1.165) is 12.1 Å². The number of nitrogens with zero attached hydrogens (tertiary/aromatic N) is 1. The van der Waals surface area contributed by atoms with Gasteiger partial charge in [-0.2, -0.15) is 5.10 Å². The molecule has 5 nitrogen and oxygen atoms in total. The first-order valence-corrected chi connectivity index (χ1v) is 7.20. The summed E-state index contributed by atoms with van der Waals surface area (Å²) in [4.78, 5) is 11.3. The Morgan fingerprint density at radius 3 is 2.12 bits per heavy atom. The van der Waals surface area contributed by atoms with Crippen molar-refractivity contribution in [3.63, 3.8) is 0 Å². The number of alkyl halides is 3. The van der Waals surface area contributed by atoms with Crippen LogP contribution in [0.15, 0.2) is 53.6 Å². The fourth-order valence-corrected chi connectivity index (χ4v) is 1.94. The van der Waals surface area contributed by atoms with Crippen molar-refractivity contribution in [3.05, 3.63) is 59.7 Å². The van der Waals surface area contributed by atoms with Gasteiger partial charge in [0.25, 0.3) is 0 Å². The molecule has 0 spiro atoms. The molecule has 2 aromatic rings. The highest BCUT2D eigenvalue weighted by atomic mass is 35.5. The van der Waals surface area contributed by atoms with Crippen LogP contribution >= 0.6 is 11.6 Å². The Kier molecular flexibility index (Phi) is 5.87. The molecule has 0 saturated carbocycles. The van der Waals surface area contributed by atoms with E-state index in [0.29, 0.717) is 16.8 Å². The number of hydrogen-bond donors (Lipinski definition) is 1. The number of hydrazone groups is 1. The van der Waals surface area contributed by atoms with Crippen molar-refractivity contribution in [2.24, 2.45) is 5.10 Å². The van der Waals surface area contributed by atoms with Crippen LogP contribution in [0.2, 0.25) is 0 Å². The van der Waals surface area contributed by atoms with Gasteiger partial charge in [0.1, 0.15) is 5.75 Å². The lowest BCUT2D eigenvalue weighted by Gasteiger charge is -2.09. The number of nitrogens with one attached hydrogen (secondary N) is 1. The second kappa shape index (κ2) is 7.89. The van der Waals surface area contributed by atoms with Gasteiger partial charge in [0, 0.05) is 5.56 Å². The number of esters is 1. The van der Waals surface area contributed by atoms with Gasteiger partial charge in [0.05, 0.1) is 18.4 Å². The lowest BCUT2D eigenvalue weighted by atomic mass is 10.1. The molecule has 0 aliphatic carbocycles. The summed E-state index contributed by atoms with van der Waals surface area (Å²) in [6.07, 6.45) is -4.74. The topological polar surface area (TPSA) is 59.9 Å². The number of methoxy groups -OCH3 is 1. The number of carbonyl (C=O) groups is 1. The molecule has 2 aromatic carbocycles. The Bertz CT molecular complexity index is 760. The van der Waals surface area contributed by atoms with Crippen LogP contribution in [-0.2, 0) is 4.74 Å². The zero-order valence-corrected chi connectivity index (χ0v) is 13.6. The molecule has 0 amide bonds. The maximum Gasteiger partial charge on any atom is 0.573 e. The first kappa shape index (κ1) is 18.6. The Labute approximate surface area is 146 Å². The maximum absolute atomic E-state index is 12.1. The van der Waals surface area contributed by atoms with Crippen LogP contribution in [0.1, 0.15) is 15.9 Å². The number of rotatable bonds is 5. The molecular weight excluding hydrogens is 361 g/mol. The standard InChI is InChI=1S/C16H12ClF3N2O3/c1-24-15(23)11-4-2-10(3-5-11)14(17)22-21-12-6-8-13(9-7-12)25-16(18,19)20/h2-9,21H,1H3/b22-14+. The Balaban J connectivity index is 2.02. The summed E-state index contributed by atoms with van der Waals surface area (Å²) >= 11 is 6.04. The molecule has 0 heterocycles. The molecule has 0 unspecified atom stereocenters. The summed E-state index contributed by atoms with van der Waals surface area (Å²) in [6, 6.07) is 11.2. The second-order valence-electron chi connectivity index (χ2n) is 4.66. The Morgan fingerprint density at radius 1 is 1.04 bits per heavy atom. The zero-order valence-electron chi connectivity index (χ0n) is 12.8. The van der Waals surface area contributed by atoms with Gasteiger partial charge < -0.3 is 9.47 Å². The van der Waals surface area contributed by atoms with Crippen LogP contribution in [0, 0.1) is 0 Å². The van der Waals surface area contributed by atoms with Crippen molar-refractivity contribution < 1.29 is 27.4 Å². The van der Waals surface area contributed by atoms with Crippen molar-refractivity contribution >= 4 is 28.4 Å². The number of hydrogen-bond acceptors (Lipinski definition) is 5. The van der Waals surface area contributed by atoms with E-state index in [4.69, 9.17) is 11.6 Å². The van der Waals surface area contributed by atoms with Gasteiger partial charge in [0.15, 0.2) is 5.17 Å². The van der Waals surface area contributed by atoms with Crippen molar-refractivity contribution in [1.29, 1.82) is 0 Å². The summed E-state index contributed by atoms with van der Waals surface area (Å²) in [5, 5.41) is 4.02. The molecule has 0 saturated heterocycles. The fourth-order valence-electron chi connectivity index (χ4n) is 1.77. The van der Waals surface area contributed by atoms with Crippen molar-refractivity contribution in [3.8, 4) is 5.75 Å². The number of benzene rings is 2. The molecule has 25 heavy (non-hydrogen) atoms. The molecule has 0 aliphatic rings. The molecule has 2 rings (SSSR count). The van der Waals surface area contributed by atoms with Gasteiger partial charge in [-0.15, -0.1) is 13.2 Å². The van der Waals surface area contributed by atoms with E-state index in [-0.39, 0.29) is 10.9 Å². The third-order valence-corrected chi connectivity index (χ3v) is 3.22. The quantitative estimate of drug-likeness (QED) is 0.480. The third-order valence-electron chi connectivity index (χ3n) is 2.92. The molecule has 132 valence electrons. The second-order valence-corrected chi connectivity index (χ2v) is 5.01. The van der Waals surface area contributed by atoms with Gasteiger partial charge in [-0.3, -0.25) is 5.43 Å².